The van der Waals surface area contributed by atoms with Crippen LogP contribution in [0.15, 0.2) is 36.4 Å². The van der Waals surface area contributed by atoms with Crippen LogP contribution in [0.5, 0.6) is 5.75 Å². The highest BCUT2D eigenvalue weighted by Crippen LogP contribution is 2.33. The van der Waals surface area contributed by atoms with E-state index in [1.54, 1.807) is 13.0 Å². The number of rotatable bonds is 4. The summed E-state index contributed by atoms with van der Waals surface area (Å²) in [5.41, 5.74) is 5.43. The van der Waals surface area contributed by atoms with Gasteiger partial charge in [0.2, 0.25) is 0 Å². The number of nitrogens with two attached hydrogens (primary N) is 1. The standard InChI is InChI=1S/C15H16N2O4/c1-9(18)11-7-6-10-4-2-3-5-12(10)14(11)21-8-13(19)17-15(16)20/h2-7,9,18H,8H2,1H3,(H3,16,17,19,20)/t9-/m1/s1. The van der Waals surface area contributed by atoms with Crippen LogP contribution in [-0.2, 0) is 4.79 Å². The maximum Gasteiger partial charge on any atom is 0.318 e. The molecule has 0 saturated heterocycles. The molecule has 0 unspecified atom stereocenters. The van der Waals surface area contributed by atoms with Crippen LogP contribution in [0.25, 0.3) is 10.8 Å². The Morgan fingerprint density at radius 1 is 1.29 bits per heavy atom. The number of urea groups is 1. The Balaban J connectivity index is 2.33. The third-order valence-corrected chi connectivity index (χ3v) is 2.97. The van der Waals surface area contributed by atoms with Crippen molar-refractivity contribution in [2.45, 2.75) is 13.0 Å². The van der Waals surface area contributed by atoms with E-state index in [-0.39, 0.29) is 6.61 Å². The fourth-order valence-corrected chi connectivity index (χ4v) is 2.06. The Bertz CT molecular complexity index is 682. The summed E-state index contributed by atoms with van der Waals surface area (Å²) < 4.78 is 5.49. The second-order valence-electron chi connectivity index (χ2n) is 4.58. The predicted octanol–water partition coefficient (Wildman–Crippen LogP) is 1.47. The molecule has 4 N–H and O–H groups in total. The normalized spacial score (nSPS) is 11.9. The van der Waals surface area contributed by atoms with Crippen LogP contribution >= 0.6 is 0 Å². The first-order valence-corrected chi connectivity index (χ1v) is 6.41. The van der Waals surface area contributed by atoms with E-state index >= 15 is 0 Å². The van der Waals surface area contributed by atoms with E-state index in [1.807, 2.05) is 35.6 Å². The molecule has 0 heterocycles. The van der Waals surface area contributed by atoms with Gasteiger partial charge in [0.05, 0.1) is 6.10 Å². The zero-order chi connectivity index (χ0) is 15.4. The van der Waals surface area contributed by atoms with Gasteiger partial charge in [-0.25, -0.2) is 4.79 Å². The highest BCUT2D eigenvalue weighted by molar-refractivity contribution is 5.95. The van der Waals surface area contributed by atoms with E-state index in [0.717, 1.165) is 10.8 Å². The molecule has 1 atom stereocenters. The van der Waals surface area contributed by atoms with Gasteiger partial charge < -0.3 is 15.6 Å². The van der Waals surface area contributed by atoms with E-state index < -0.39 is 18.0 Å². The van der Waals surface area contributed by atoms with Gasteiger partial charge in [0, 0.05) is 10.9 Å². The van der Waals surface area contributed by atoms with Crippen LogP contribution in [0.1, 0.15) is 18.6 Å². The number of amides is 3. The molecule has 0 aromatic heterocycles. The minimum absolute atomic E-state index is 0.364. The zero-order valence-electron chi connectivity index (χ0n) is 11.5. The zero-order valence-corrected chi connectivity index (χ0v) is 11.5. The number of imide groups is 1. The summed E-state index contributed by atoms with van der Waals surface area (Å²) in [4.78, 5) is 22.0. The minimum Gasteiger partial charge on any atom is -0.483 e. The average molecular weight is 288 g/mol. The van der Waals surface area contributed by atoms with E-state index in [0.29, 0.717) is 11.3 Å². The predicted molar refractivity (Wildman–Crippen MR) is 77.8 cm³/mol. The molecular weight excluding hydrogens is 272 g/mol. The summed E-state index contributed by atoms with van der Waals surface area (Å²) >= 11 is 0. The number of primary amides is 1. The SMILES string of the molecule is C[C@@H](O)c1ccc2ccccc2c1OCC(=O)NC(N)=O. The Morgan fingerprint density at radius 2 is 2.00 bits per heavy atom. The van der Waals surface area contributed by atoms with Gasteiger partial charge in [0.1, 0.15) is 5.75 Å². The summed E-state index contributed by atoms with van der Waals surface area (Å²) in [6.45, 7) is 1.25. The molecule has 0 fully saturated rings. The molecule has 2 aromatic carbocycles. The van der Waals surface area contributed by atoms with Gasteiger partial charge in [-0.1, -0.05) is 36.4 Å². The molecule has 0 aliphatic heterocycles. The first kappa shape index (κ1) is 14.8. The van der Waals surface area contributed by atoms with E-state index in [1.165, 1.54) is 0 Å². The lowest BCUT2D eigenvalue weighted by molar-refractivity contribution is -0.121. The number of aliphatic hydroxyl groups is 1. The molecule has 110 valence electrons. The van der Waals surface area contributed by atoms with Crippen molar-refractivity contribution in [2.75, 3.05) is 6.61 Å². The van der Waals surface area contributed by atoms with Gasteiger partial charge in [-0.05, 0) is 12.3 Å². The molecule has 3 amide bonds. The van der Waals surface area contributed by atoms with Crippen LogP contribution in [0, 0.1) is 0 Å². The second kappa shape index (κ2) is 6.23. The number of aliphatic hydroxyl groups excluding tert-OH is 1. The van der Waals surface area contributed by atoms with Crippen molar-refractivity contribution in [1.82, 2.24) is 5.32 Å². The molecule has 0 bridgehead atoms. The van der Waals surface area contributed by atoms with Crippen molar-refractivity contribution in [3.8, 4) is 5.75 Å². The van der Waals surface area contributed by atoms with Crippen LogP contribution in [-0.4, -0.2) is 23.7 Å². The number of fused-ring (bicyclic) bond motifs is 1. The Morgan fingerprint density at radius 3 is 2.67 bits per heavy atom. The molecule has 2 rings (SSSR count). The molecule has 0 radical (unpaired) electrons. The third kappa shape index (κ3) is 3.49. The van der Waals surface area contributed by atoms with Crippen molar-refractivity contribution in [2.24, 2.45) is 5.73 Å². The molecule has 0 saturated carbocycles. The lowest BCUT2D eigenvalue weighted by atomic mass is 10.0. The smallest absolute Gasteiger partial charge is 0.318 e. The van der Waals surface area contributed by atoms with Gasteiger partial charge in [-0.3, -0.25) is 10.1 Å². The van der Waals surface area contributed by atoms with Crippen LogP contribution < -0.4 is 15.8 Å². The van der Waals surface area contributed by atoms with Crippen molar-refractivity contribution in [3.63, 3.8) is 0 Å². The van der Waals surface area contributed by atoms with Crippen molar-refractivity contribution in [3.05, 3.63) is 42.0 Å². The summed E-state index contributed by atoms with van der Waals surface area (Å²) in [6.07, 6.45) is -0.746. The quantitative estimate of drug-likeness (QED) is 0.792. The van der Waals surface area contributed by atoms with Gasteiger partial charge in [-0.2, -0.15) is 0 Å². The molecule has 0 aliphatic rings. The van der Waals surface area contributed by atoms with Gasteiger partial charge in [0.15, 0.2) is 6.61 Å². The van der Waals surface area contributed by atoms with Gasteiger partial charge in [0.25, 0.3) is 5.91 Å². The largest absolute Gasteiger partial charge is 0.483 e. The first-order chi connectivity index (χ1) is 9.99. The number of carbonyl (C=O) groups is 2. The van der Waals surface area contributed by atoms with Gasteiger partial charge >= 0.3 is 6.03 Å². The Hall–Kier alpha value is -2.60. The lowest BCUT2D eigenvalue weighted by Crippen LogP contribution is -2.38. The lowest BCUT2D eigenvalue weighted by Gasteiger charge is -2.15. The summed E-state index contributed by atoms with van der Waals surface area (Å²) in [6, 6.07) is 10.1. The molecule has 0 aliphatic carbocycles. The van der Waals surface area contributed by atoms with Crippen LogP contribution in [0.2, 0.25) is 0 Å². The van der Waals surface area contributed by atoms with E-state index in [9.17, 15) is 14.7 Å². The molecular formula is C15H16N2O4. The van der Waals surface area contributed by atoms with E-state index in [4.69, 9.17) is 10.5 Å². The maximum absolute atomic E-state index is 11.4. The third-order valence-electron chi connectivity index (χ3n) is 2.97. The van der Waals surface area contributed by atoms with Crippen molar-refractivity contribution < 1.29 is 19.4 Å². The molecule has 0 spiro atoms. The fourth-order valence-electron chi connectivity index (χ4n) is 2.06. The summed E-state index contributed by atoms with van der Waals surface area (Å²) in [5, 5.41) is 13.4. The molecule has 2 aromatic rings. The second-order valence-corrected chi connectivity index (χ2v) is 4.58. The number of ether oxygens (including phenoxy) is 1. The Kier molecular flexibility index (Phi) is 4.39. The number of hydrogen-bond donors (Lipinski definition) is 3. The van der Waals surface area contributed by atoms with Gasteiger partial charge in [-0.15, -0.1) is 0 Å². The molecule has 21 heavy (non-hydrogen) atoms. The molecule has 6 nitrogen and oxygen atoms in total. The average Bonchev–Trinajstić information content (AvgIpc) is 2.43. The number of nitrogens with one attached hydrogen (secondary N) is 1. The summed E-state index contributed by atoms with van der Waals surface area (Å²) in [7, 11) is 0. The van der Waals surface area contributed by atoms with Crippen molar-refractivity contribution in [1.29, 1.82) is 0 Å². The maximum atomic E-state index is 11.4. The number of hydrogen-bond acceptors (Lipinski definition) is 4. The minimum atomic E-state index is -0.933. The highest BCUT2D eigenvalue weighted by atomic mass is 16.5. The summed E-state index contributed by atoms with van der Waals surface area (Å²) in [5.74, 6) is -0.227. The van der Waals surface area contributed by atoms with Crippen molar-refractivity contribution >= 4 is 22.7 Å². The monoisotopic (exact) mass is 288 g/mol. The number of carbonyl (C=O) groups excluding carboxylic acids is 2. The topological polar surface area (TPSA) is 102 Å². The highest BCUT2D eigenvalue weighted by Gasteiger charge is 2.14. The van der Waals surface area contributed by atoms with Crippen LogP contribution in [0.4, 0.5) is 4.79 Å². The molecule has 6 heteroatoms. The first-order valence-electron chi connectivity index (χ1n) is 6.41. The fraction of sp³-hybridized carbons (Fsp3) is 0.200. The van der Waals surface area contributed by atoms with E-state index in [2.05, 4.69) is 0 Å². The van der Waals surface area contributed by atoms with Crippen LogP contribution in [0.3, 0.4) is 0 Å². The number of benzene rings is 2. The Labute approximate surface area is 121 Å².